The van der Waals surface area contributed by atoms with Gasteiger partial charge in [0.1, 0.15) is 6.04 Å². The Balaban J connectivity index is 0.00000312. The molecule has 0 spiro atoms. The average Bonchev–Trinajstić information content (AvgIpc) is 2.93. The number of aliphatic hydroxyl groups is 1. The molecule has 0 aliphatic heterocycles. The third-order valence-corrected chi connectivity index (χ3v) is 3.66. The Morgan fingerprint density at radius 3 is 2.76 bits per heavy atom. The molecule has 2 atom stereocenters. The highest BCUT2D eigenvalue weighted by atomic mass is 35.5. The molecule has 6 N–H and O–H groups in total. The summed E-state index contributed by atoms with van der Waals surface area (Å²) in [5.74, 6) is -0.975. The summed E-state index contributed by atoms with van der Waals surface area (Å²) < 4.78 is 6.74. The number of aromatic amines is 1. The number of nitrogen functional groups attached to an aromatic ring is 1. The fourth-order valence-electron chi connectivity index (χ4n) is 2.11. The van der Waals surface area contributed by atoms with Crippen molar-refractivity contribution in [3.63, 3.8) is 0 Å². The summed E-state index contributed by atoms with van der Waals surface area (Å²) in [7, 11) is 0. The van der Waals surface area contributed by atoms with Gasteiger partial charge < -0.3 is 25.9 Å². The number of ether oxygens (including phenoxy) is 1. The highest BCUT2D eigenvalue weighted by Crippen LogP contribution is 2.11. The van der Waals surface area contributed by atoms with Crippen LogP contribution in [0.4, 0.5) is 5.95 Å². The maximum absolute atomic E-state index is 11.8. The van der Waals surface area contributed by atoms with Crippen molar-refractivity contribution in [3.05, 3.63) is 16.7 Å². The van der Waals surface area contributed by atoms with Crippen LogP contribution in [-0.2, 0) is 16.1 Å². The lowest BCUT2D eigenvalue weighted by Gasteiger charge is -2.18. The Labute approximate surface area is 150 Å². The van der Waals surface area contributed by atoms with E-state index in [1.807, 2.05) is 13.8 Å². The lowest BCUT2D eigenvalue weighted by atomic mass is 10.1. The molecule has 0 amide bonds. The molecule has 0 aromatic carbocycles. The molecule has 25 heavy (non-hydrogen) atoms. The molecule has 1 unspecified atom stereocenters. The quantitative estimate of drug-likeness (QED) is 0.460. The number of anilines is 1. The predicted octanol–water partition coefficient (Wildman–Crippen LogP) is -0.741. The number of nitrogens with two attached hydrogens (primary N) is 2. The average molecular weight is 375 g/mol. The standard InChI is InChI=1S/C14H22N6O4.ClH/c1-7(2)9(15)13(23)24-5-8(4-21)3-20-6-17-10-11(20)18-14(16)19-12(10)22;/h6-9,21H,3-5,15H2,1-2H3,(H3,16,18,19,22);1H/t8?,9-;/m1./s1. The first-order valence-electron chi connectivity index (χ1n) is 7.57. The molecule has 11 heteroatoms. The molecular weight excluding hydrogens is 352 g/mol. The Morgan fingerprint density at radius 2 is 2.16 bits per heavy atom. The number of hydrogen-bond acceptors (Lipinski definition) is 8. The monoisotopic (exact) mass is 374 g/mol. The number of carbonyl (C=O) groups excluding carboxylic acids is 1. The summed E-state index contributed by atoms with van der Waals surface area (Å²) in [6.45, 7) is 3.67. The Kier molecular flexibility index (Phi) is 7.34. The molecule has 0 bridgehead atoms. The first-order valence-corrected chi connectivity index (χ1v) is 7.57. The summed E-state index contributed by atoms with van der Waals surface area (Å²) in [5.41, 5.74) is 11.3. The van der Waals surface area contributed by atoms with E-state index >= 15 is 0 Å². The third kappa shape index (κ3) is 4.91. The fourth-order valence-corrected chi connectivity index (χ4v) is 2.11. The number of rotatable bonds is 7. The molecule has 2 heterocycles. The number of fused-ring (bicyclic) bond motifs is 1. The topological polar surface area (TPSA) is 162 Å². The highest BCUT2D eigenvalue weighted by molar-refractivity contribution is 5.85. The number of nitrogens with one attached hydrogen (secondary N) is 1. The molecule has 2 aromatic heterocycles. The van der Waals surface area contributed by atoms with E-state index in [2.05, 4.69) is 15.0 Å². The largest absolute Gasteiger partial charge is 0.464 e. The summed E-state index contributed by atoms with van der Waals surface area (Å²) in [5, 5.41) is 9.50. The predicted molar refractivity (Wildman–Crippen MR) is 94.2 cm³/mol. The van der Waals surface area contributed by atoms with Crippen LogP contribution in [0.2, 0.25) is 0 Å². The highest BCUT2D eigenvalue weighted by Gasteiger charge is 2.21. The SMILES string of the molecule is CC(C)[C@@H](N)C(=O)OCC(CO)Cn1cnc2c(=O)[nH]c(N)nc21.Cl. The Morgan fingerprint density at radius 1 is 1.48 bits per heavy atom. The van der Waals surface area contributed by atoms with Gasteiger partial charge in [-0.05, 0) is 5.92 Å². The van der Waals surface area contributed by atoms with E-state index in [1.165, 1.54) is 6.33 Å². The number of aromatic nitrogens is 4. The Bertz CT molecular complexity index is 774. The zero-order valence-electron chi connectivity index (χ0n) is 14.0. The van der Waals surface area contributed by atoms with E-state index in [4.69, 9.17) is 16.2 Å². The number of nitrogens with zero attached hydrogens (tertiary/aromatic N) is 3. The van der Waals surface area contributed by atoms with Gasteiger partial charge in [0.15, 0.2) is 11.2 Å². The van der Waals surface area contributed by atoms with Crippen LogP contribution in [0.25, 0.3) is 11.2 Å². The van der Waals surface area contributed by atoms with Crippen molar-refractivity contribution in [1.29, 1.82) is 0 Å². The number of esters is 1. The van der Waals surface area contributed by atoms with Crippen molar-refractivity contribution >= 4 is 35.5 Å². The van der Waals surface area contributed by atoms with Gasteiger partial charge in [-0.25, -0.2) is 4.98 Å². The second-order valence-corrected chi connectivity index (χ2v) is 5.97. The molecule has 0 aliphatic carbocycles. The van der Waals surface area contributed by atoms with E-state index in [-0.39, 0.29) is 49.5 Å². The van der Waals surface area contributed by atoms with Crippen LogP contribution >= 0.6 is 12.4 Å². The van der Waals surface area contributed by atoms with Crippen LogP contribution in [0.15, 0.2) is 11.1 Å². The molecule has 140 valence electrons. The lowest BCUT2D eigenvalue weighted by Crippen LogP contribution is -2.38. The summed E-state index contributed by atoms with van der Waals surface area (Å²) in [4.78, 5) is 33.9. The van der Waals surface area contributed by atoms with Crippen molar-refractivity contribution in [3.8, 4) is 0 Å². The summed E-state index contributed by atoms with van der Waals surface area (Å²) in [6.07, 6.45) is 1.43. The minimum Gasteiger partial charge on any atom is -0.464 e. The minimum atomic E-state index is -0.710. The molecule has 0 saturated heterocycles. The van der Waals surface area contributed by atoms with Gasteiger partial charge in [0.2, 0.25) is 5.95 Å². The van der Waals surface area contributed by atoms with Gasteiger partial charge in [-0.2, -0.15) is 4.98 Å². The maximum Gasteiger partial charge on any atom is 0.323 e. The number of halogens is 1. The molecular formula is C14H23ClN6O4. The van der Waals surface area contributed by atoms with Crippen LogP contribution in [0.1, 0.15) is 13.8 Å². The first-order chi connectivity index (χ1) is 11.3. The molecule has 0 fully saturated rings. The zero-order valence-corrected chi connectivity index (χ0v) is 14.8. The molecule has 0 radical (unpaired) electrons. The molecule has 2 rings (SSSR count). The van der Waals surface area contributed by atoms with Gasteiger partial charge in [0.25, 0.3) is 5.56 Å². The van der Waals surface area contributed by atoms with Crippen molar-refractivity contribution < 1.29 is 14.6 Å². The van der Waals surface area contributed by atoms with Crippen molar-refractivity contribution in [2.45, 2.75) is 26.4 Å². The van der Waals surface area contributed by atoms with Gasteiger partial charge in [-0.3, -0.25) is 14.6 Å². The normalized spacial score (nSPS) is 13.5. The fraction of sp³-hybridized carbons (Fsp3) is 0.571. The van der Waals surface area contributed by atoms with Crippen LogP contribution in [0, 0.1) is 11.8 Å². The molecule has 0 saturated carbocycles. The Hall–Kier alpha value is -2.17. The minimum absolute atomic E-state index is 0. The van der Waals surface area contributed by atoms with Gasteiger partial charge in [-0.1, -0.05) is 13.8 Å². The van der Waals surface area contributed by atoms with Crippen LogP contribution in [0.5, 0.6) is 0 Å². The second kappa shape index (κ2) is 8.79. The van der Waals surface area contributed by atoms with E-state index in [0.29, 0.717) is 5.65 Å². The third-order valence-electron chi connectivity index (χ3n) is 3.66. The van der Waals surface area contributed by atoms with Crippen LogP contribution in [-0.4, -0.2) is 49.9 Å². The summed E-state index contributed by atoms with van der Waals surface area (Å²) in [6, 6.07) is -0.710. The zero-order chi connectivity index (χ0) is 17.9. The molecule has 10 nitrogen and oxygen atoms in total. The van der Waals surface area contributed by atoms with Crippen LogP contribution in [0.3, 0.4) is 0 Å². The van der Waals surface area contributed by atoms with Gasteiger partial charge >= 0.3 is 5.97 Å². The van der Waals surface area contributed by atoms with Crippen molar-refractivity contribution in [1.82, 2.24) is 19.5 Å². The van der Waals surface area contributed by atoms with E-state index in [9.17, 15) is 14.7 Å². The van der Waals surface area contributed by atoms with Crippen LogP contribution < -0.4 is 17.0 Å². The van der Waals surface area contributed by atoms with Crippen molar-refractivity contribution in [2.24, 2.45) is 17.6 Å². The number of H-pyrrole nitrogens is 1. The van der Waals surface area contributed by atoms with E-state index in [0.717, 1.165) is 0 Å². The number of hydrogen-bond donors (Lipinski definition) is 4. The number of carbonyl (C=O) groups is 1. The number of imidazole rings is 1. The second-order valence-electron chi connectivity index (χ2n) is 5.97. The maximum atomic E-state index is 11.8. The van der Waals surface area contributed by atoms with E-state index in [1.54, 1.807) is 4.57 Å². The molecule has 2 aromatic rings. The molecule has 0 aliphatic rings. The summed E-state index contributed by atoms with van der Waals surface area (Å²) >= 11 is 0. The first kappa shape index (κ1) is 20.9. The van der Waals surface area contributed by atoms with Gasteiger partial charge in [-0.15, -0.1) is 12.4 Å². The van der Waals surface area contributed by atoms with Gasteiger partial charge in [0.05, 0.1) is 19.5 Å². The van der Waals surface area contributed by atoms with Crippen molar-refractivity contribution in [2.75, 3.05) is 18.9 Å². The number of aliphatic hydroxyl groups excluding tert-OH is 1. The van der Waals surface area contributed by atoms with Gasteiger partial charge in [0, 0.05) is 12.5 Å². The smallest absolute Gasteiger partial charge is 0.323 e. The van der Waals surface area contributed by atoms with E-state index < -0.39 is 23.5 Å². The lowest BCUT2D eigenvalue weighted by molar-refractivity contribution is -0.148.